The third-order valence-electron chi connectivity index (χ3n) is 5.31. The van der Waals surface area contributed by atoms with Gasteiger partial charge in [0.25, 0.3) is 12.4 Å². The molecule has 2 bridgehead atoms. The van der Waals surface area contributed by atoms with E-state index < -0.39 is 35.7 Å². The Labute approximate surface area is 175 Å². The van der Waals surface area contributed by atoms with Gasteiger partial charge in [0.15, 0.2) is 16.8 Å². The molecule has 3 saturated heterocycles. The lowest BCUT2D eigenvalue weighted by molar-refractivity contribution is -0.274. The monoisotopic (exact) mass is 462 g/mol. The fourth-order valence-corrected chi connectivity index (χ4v) is 4.54. The molecule has 3 fully saturated rings. The standard InChI is InChI=1S/C18H15F5N4O3S/c19-16(20)13(28)10-2-9(11-5-31-6-24-11)14-12(15(10)30-18(21,22)23)26-17(29-14)27-3-7-1-8(4-27)25-7/h2,5-8,13,16,25,28H,1,3-4H2/t7?,8?,13-/m1/s1. The van der Waals surface area contributed by atoms with Gasteiger partial charge < -0.3 is 24.5 Å². The molecular weight excluding hydrogens is 447 g/mol. The summed E-state index contributed by atoms with van der Waals surface area (Å²) in [4.78, 5) is 10.1. The molecule has 166 valence electrons. The molecule has 3 atom stereocenters. The van der Waals surface area contributed by atoms with Crippen LogP contribution in [0, 0.1) is 0 Å². The lowest BCUT2D eigenvalue weighted by Gasteiger charge is -2.47. The van der Waals surface area contributed by atoms with Crippen LogP contribution in [0.4, 0.5) is 28.0 Å². The third kappa shape index (κ3) is 3.70. The largest absolute Gasteiger partial charge is 0.573 e. The maximum absolute atomic E-state index is 13.3. The number of alkyl halides is 5. The van der Waals surface area contributed by atoms with E-state index in [0.29, 0.717) is 18.8 Å². The van der Waals surface area contributed by atoms with Crippen LogP contribution in [0.3, 0.4) is 0 Å². The molecule has 2 N–H and O–H groups in total. The molecule has 0 saturated carbocycles. The van der Waals surface area contributed by atoms with E-state index >= 15 is 0 Å². The summed E-state index contributed by atoms with van der Waals surface area (Å²) in [5.41, 5.74) is 0.677. The number of benzene rings is 1. The summed E-state index contributed by atoms with van der Waals surface area (Å²) in [6.07, 6.45) is -10.1. The molecule has 13 heteroatoms. The van der Waals surface area contributed by atoms with E-state index in [1.807, 2.05) is 0 Å². The lowest BCUT2D eigenvalue weighted by Crippen LogP contribution is -2.67. The van der Waals surface area contributed by atoms with Crippen molar-refractivity contribution in [2.24, 2.45) is 0 Å². The molecule has 5 heterocycles. The van der Waals surface area contributed by atoms with Crippen LogP contribution >= 0.6 is 11.3 Å². The van der Waals surface area contributed by atoms with Crippen LogP contribution < -0.4 is 15.0 Å². The zero-order chi connectivity index (χ0) is 21.9. The summed E-state index contributed by atoms with van der Waals surface area (Å²) < 4.78 is 75.8. The van der Waals surface area contributed by atoms with E-state index in [1.54, 1.807) is 10.3 Å². The van der Waals surface area contributed by atoms with Gasteiger partial charge in [-0.2, -0.15) is 4.98 Å². The summed E-state index contributed by atoms with van der Waals surface area (Å²) >= 11 is 1.20. The minimum Gasteiger partial charge on any atom is -0.423 e. The van der Waals surface area contributed by atoms with E-state index in [-0.39, 0.29) is 29.2 Å². The molecule has 0 aliphatic carbocycles. The first-order valence-electron chi connectivity index (χ1n) is 9.28. The average molecular weight is 462 g/mol. The highest BCUT2D eigenvalue weighted by Gasteiger charge is 2.40. The Morgan fingerprint density at radius 2 is 2.00 bits per heavy atom. The van der Waals surface area contributed by atoms with Crippen molar-refractivity contribution in [1.82, 2.24) is 15.3 Å². The number of oxazole rings is 1. The van der Waals surface area contributed by atoms with Gasteiger partial charge in [-0.3, -0.25) is 0 Å². The van der Waals surface area contributed by atoms with Gasteiger partial charge in [-0.05, 0) is 12.5 Å². The second kappa shape index (κ2) is 7.28. The molecule has 2 aromatic heterocycles. The number of thiazole rings is 1. The van der Waals surface area contributed by atoms with Crippen molar-refractivity contribution in [2.75, 3.05) is 18.0 Å². The van der Waals surface area contributed by atoms with Crippen molar-refractivity contribution in [3.63, 3.8) is 0 Å². The van der Waals surface area contributed by atoms with Gasteiger partial charge in [-0.25, -0.2) is 13.8 Å². The number of nitrogens with one attached hydrogen (secondary N) is 1. The van der Waals surface area contributed by atoms with Crippen molar-refractivity contribution < 1.29 is 36.2 Å². The van der Waals surface area contributed by atoms with Gasteiger partial charge in [0.2, 0.25) is 0 Å². The zero-order valence-corrected chi connectivity index (χ0v) is 16.4. The molecule has 0 spiro atoms. The quantitative estimate of drug-likeness (QED) is 0.560. The third-order valence-corrected chi connectivity index (χ3v) is 5.90. The highest BCUT2D eigenvalue weighted by atomic mass is 32.1. The Morgan fingerprint density at radius 3 is 2.58 bits per heavy atom. The van der Waals surface area contributed by atoms with Crippen molar-refractivity contribution in [3.05, 3.63) is 22.5 Å². The fraction of sp³-hybridized carbons (Fsp3) is 0.444. The van der Waals surface area contributed by atoms with Gasteiger partial charge in [0.05, 0.1) is 11.2 Å². The van der Waals surface area contributed by atoms with Crippen LogP contribution in [0.2, 0.25) is 0 Å². The minimum absolute atomic E-state index is 0.0541. The van der Waals surface area contributed by atoms with Gasteiger partial charge >= 0.3 is 6.36 Å². The number of ether oxygens (including phenoxy) is 1. The molecular formula is C18H15F5N4O3S. The Morgan fingerprint density at radius 1 is 1.29 bits per heavy atom. The Bertz CT molecular complexity index is 1090. The van der Waals surface area contributed by atoms with E-state index in [1.165, 1.54) is 16.8 Å². The van der Waals surface area contributed by atoms with Crippen molar-refractivity contribution in [3.8, 4) is 17.0 Å². The van der Waals surface area contributed by atoms with Gasteiger partial charge in [-0.1, -0.05) is 0 Å². The number of piperazine rings is 1. The number of aliphatic hydroxyl groups excluding tert-OH is 1. The number of halogens is 5. The fourth-order valence-electron chi connectivity index (χ4n) is 3.99. The predicted molar refractivity (Wildman–Crippen MR) is 100 cm³/mol. The van der Waals surface area contributed by atoms with Crippen LogP contribution in [0.15, 0.2) is 21.4 Å². The van der Waals surface area contributed by atoms with Crippen molar-refractivity contribution in [2.45, 2.75) is 37.4 Å². The Kier molecular flexibility index (Phi) is 4.79. The number of aliphatic hydroxyl groups is 1. The first-order chi connectivity index (χ1) is 14.7. The molecule has 7 nitrogen and oxygen atoms in total. The van der Waals surface area contributed by atoms with Crippen molar-refractivity contribution >= 4 is 28.5 Å². The SMILES string of the molecule is O[C@H](c1cc(-c2cscn2)c2oc(N3CC4CC(C3)N4)nc2c1OC(F)(F)F)C(F)F. The van der Waals surface area contributed by atoms with Crippen LogP contribution in [-0.2, 0) is 0 Å². The molecule has 0 radical (unpaired) electrons. The number of fused-ring (bicyclic) bond motifs is 3. The maximum Gasteiger partial charge on any atom is 0.573 e. The smallest absolute Gasteiger partial charge is 0.423 e. The second-order valence-electron chi connectivity index (χ2n) is 7.42. The van der Waals surface area contributed by atoms with Gasteiger partial charge in [0.1, 0.15) is 6.10 Å². The first kappa shape index (κ1) is 20.4. The summed E-state index contributed by atoms with van der Waals surface area (Å²) in [7, 11) is 0. The molecule has 1 aromatic carbocycles. The van der Waals surface area contributed by atoms with Gasteiger partial charge in [-0.15, -0.1) is 24.5 Å². The maximum atomic E-state index is 13.3. The zero-order valence-electron chi connectivity index (χ0n) is 15.6. The summed E-state index contributed by atoms with van der Waals surface area (Å²) in [6.45, 7) is 1.08. The minimum atomic E-state index is -5.19. The van der Waals surface area contributed by atoms with E-state index in [2.05, 4.69) is 20.0 Å². The summed E-state index contributed by atoms with van der Waals surface area (Å²) in [6, 6.07) is 1.47. The Balaban J connectivity index is 1.72. The predicted octanol–water partition coefficient (Wildman–Crippen LogP) is 3.70. The number of piperidine rings is 1. The molecule has 2 unspecified atom stereocenters. The Hall–Kier alpha value is -2.51. The topological polar surface area (TPSA) is 83.7 Å². The molecule has 6 rings (SSSR count). The number of nitrogens with zero attached hydrogens (tertiary/aromatic N) is 3. The van der Waals surface area contributed by atoms with Crippen LogP contribution in [0.1, 0.15) is 18.1 Å². The number of hydrogen-bond acceptors (Lipinski definition) is 8. The lowest BCUT2D eigenvalue weighted by atomic mass is 9.92. The molecule has 3 aromatic rings. The summed E-state index contributed by atoms with van der Waals surface area (Å²) in [5.74, 6) is -1.01. The number of rotatable bonds is 5. The second-order valence-corrected chi connectivity index (χ2v) is 8.14. The van der Waals surface area contributed by atoms with E-state index in [0.717, 1.165) is 12.5 Å². The number of anilines is 1. The summed E-state index contributed by atoms with van der Waals surface area (Å²) in [5, 5.41) is 14.9. The molecule has 31 heavy (non-hydrogen) atoms. The van der Waals surface area contributed by atoms with Crippen molar-refractivity contribution in [1.29, 1.82) is 0 Å². The van der Waals surface area contributed by atoms with Crippen LogP contribution in [0.5, 0.6) is 5.75 Å². The van der Waals surface area contributed by atoms with Crippen LogP contribution in [0.25, 0.3) is 22.4 Å². The van der Waals surface area contributed by atoms with Crippen LogP contribution in [-0.4, -0.2) is 53.0 Å². The first-order valence-corrected chi connectivity index (χ1v) is 10.2. The number of aromatic nitrogens is 2. The molecule has 3 aliphatic rings. The van der Waals surface area contributed by atoms with E-state index in [9.17, 15) is 27.1 Å². The highest BCUT2D eigenvalue weighted by Crippen LogP contribution is 2.44. The molecule has 0 amide bonds. The average Bonchev–Trinajstić information content (AvgIpc) is 3.36. The normalized spacial score (nSPS) is 22.1. The van der Waals surface area contributed by atoms with Gasteiger partial charge in [0, 0.05) is 41.7 Å². The van der Waals surface area contributed by atoms with E-state index in [4.69, 9.17) is 4.42 Å². The highest BCUT2D eigenvalue weighted by molar-refractivity contribution is 7.07. The molecule has 3 aliphatic heterocycles. The number of hydrogen-bond donors (Lipinski definition) is 2.